The monoisotopic (exact) mass is 408 g/mol. The number of carbonyl (C=O) groups excluding carboxylic acids is 1. The molecule has 0 saturated carbocycles. The van der Waals surface area contributed by atoms with Crippen LogP contribution in [-0.4, -0.2) is 62.4 Å². The Hall–Kier alpha value is -1.44. The van der Waals surface area contributed by atoms with Gasteiger partial charge < -0.3 is 9.80 Å². The Balaban J connectivity index is 1.83. The summed E-state index contributed by atoms with van der Waals surface area (Å²) in [5.41, 5.74) is 1.03. The van der Waals surface area contributed by atoms with Crippen molar-refractivity contribution in [2.75, 3.05) is 32.7 Å². The van der Waals surface area contributed by atoms with Gasteiger partial charge in [-0.2, -0.15) is 4.31 Å². The zero-order chi connectivity index (χ0) is 20.3. The number of aryl methyl sites for hydroxylation is 1. The number of amides is 1. The van der Waals surface area contributed by atoms with Crippen LogP contribution in [0.3, 0.4) is 0 Å². The van der Waals surface area contributed by atoms with Gasteiger partial charge in [-0.05, 0) is 50.7 Å². The number of likely N-dealkylation sites (tertiary alicyclic amines) is 1. The molecule has 2 aliphatic rings. The normalized spacial score (nSPS) is 22.6. The maximum atomic E-state index is 13.4. The topological polar surface area (TPSA) is 62.1 Å². The first-order valence-corrected chi connectivity index (χ1v) is 12.0. The summed E-state index contributed by atoms with van der Waals surface area (Å²) in [5.74, 6) is 0.111. The molecule has 1 aromatic carbocycles. The molecule has 28 heavy (non-hydrogen) atoms. The van der Waals surface area contributed by atoms with E-state index in [0.29, 0.717) is 31.0 Å². The van der Waals surface area contributed by atoms with Crippen molar-refractivity contribution in [2.45, 2.75) is 57.5 Å². The fraction of sp³-hybridized carbons (Fsp3) is 0.667. The van der Waals surface area contributed by atoms with Crippen molar-refractivity contribution in [2.24, 2.45) is 5.92 Å². The maximum absolute atomic E-state index is 13.4. The second-order valence-electron chi connectivity index (χ2n) is 8.51. The lowest BCUT2D eigenvalue weighted by atomic mass is 10.1. The van der Waals surface area contributed by atoms with E-state index in [4.69, 9.17) is 0 Å². The van der Waals surface area contributed by atoms with E-state index in [1.807, 2.05) is 37.8 Å². The molecule has 0 aliphatic carbocycles. The number of nitrogens with zero attached hydrogens (tertiary/aromatic N) is 2. The molecule has 2 saturated heterocycles. The first-order valence-electron chi connectivity index (χ1n) is 10.5. The Morgan fingerprint density at radius 2 is 1.71 bits per heavy atom. The SMILES string of the molecule is Cc1ccc(S(=O)(=O)N2CCCN(C(=O)C[NH+]3CCCCC3)[C@H]2C(C)C)cc1. The fourth-order valence-corrected chi connectivity index (χ4v) is 6.20. The molecule has 0 unspecified atom stereocenters. The highest BCUT2D eigenvalue weighted by Gasteiger charge is 2.42. The van der Waals surface area contributed by atoms with Crippen molar-refractivity contribution < 1.29 is 18.1 Å². The van der Waals surface area contributed by atoms with Crippen LogP contribution in [0.25, 0.3) is 0 Å². The van der Waals surface area contributed by atoms with Crippen LogP contribution in [0.1, 0.15) is 45.1 Å². The third kappa shape index (κ3) is 4.58. The van der Waals surface area contributed by atoms with Gasteiger partial charge in [0, 0.05) is 13.1 Å². The number of hydrogen-bond donors (Lipinski definition) is 1. The molecule has 1 amide bonds. The molecule has 2 heterocycles. The van der Waals surface area contributed by atoms with E-state index < -0.39 is 16.2 Å². The average molecular weight is 409 g/mol. The van der Waals surface area contributed by atoms with Crippen molar-refractivity contribution in [3.63, 3.8) is 0 Å². The molecule has 1 atom stereocenters. The van der Waals surface area contributed by atoms with Crippen molar-refractivity contribution in [1.29, 1.82) is 0 Å². The molecule has 7 heteroatoms. The summed E-state index contributed by atoms with van der Waals surface area (Å²) in [6, 6.07) is 6.98. The molecule has 2 aliphatic heterocycles. The van der Waals surface area contributed by atoms with Crippen LogP contribution in [0.15, 0.2) is 29.2 Å². The van der Waals surface area contributed by atoms with E-state index in [9.17, 15) is 13.2 Å². The molecule has 3 rings (SSSR count). The summed E-state index contributed by atoms with van der Waals surface area (Å²) in [4.78, 5) is 16.6. The molecule has 0 radical (unpaired) electrons. The third-order valence-corrected chi connectivity index (χ3v) is 7.78. The second kappa shape index (κ2) is 8.93. The summed E-state index contributed by atoms with van der Waals surface area (Å²) in [5, 5.41) is 0. The molecule has 0 bridgehead atoms. The number of rotatable bonds is 5. The van der Waals surface area contributed by atoms with E-state index >= 15 is 0 Å². The van der Waals surface area contributed by atoms with Gasteiger partial charge in [0.2, 0.25) is 10.0 Å². The van der Waals surface area contributed by atoms with Gasteiger partial charge in [-0.1, -0.05) is 31.5 Å². The number of hydrogen-bond acceptors (Lipinski definition) is 3. The van der Waals surface area contributed by atoms with E-state index in [0.717, 1.165) is 18.7 Å². The van der Waals surface area contributed by atoms with Crippen LogP contribution in [0, 0.1) is 12.8 Å². The minimum absolute atomic E-state index is 0.0285. The Morgan fingerprint density at radius 1 is 1.07 bits per heavy atom. The highest BCUT2D eigenvalue weighted by Crippen LogP contribution is 2.28. The van der Waals surface area contributed by atoms with Crippen LogP contribution < -0.4 is 4.90 Å². The molecule has 6 nitrogen and oxygen atoms in total. The summed E-state index contributed by atoms with van der Waals surface area (Å²) in [6.07, 6.45) is 3.85. The zero-order valence-corrected chi connectivity index (χ0v) is 18.2. The van der Waals surface area contributed by atoms with E-state index in [1.54, 1.807) is 16.4 Å². The number of piperidine rings is 1. The lowest BCUT2D eigenvalue weighted by Crippen LogP contribution is -3.14. The van der Waals surface area contributed by atoms with Gasteiger partial charge in [0.05, 0.1) is 18.0 Å². The molecular formula is C21H34N3O3S+. The molecule has 156 valence electrons. The van der Waals surface area contributed by atoms with E-state index in [1.165, 1.54) is 24.2 Å². The van der Waals surface area contributed by atoms with Crippen molar-refractivity contribution in [3.05, 3.63) is 29.8 Å². The van der Waals surface area contributed by atoms with Crippen LogP contribution in [0.5, 0.6) is 0 Å². The average Bonchev–Trinajstić information content (AvgIpc) is 2.68. The van der Waals surface area contributed by atoms with Crippen molar-refractivity contribution in [3.8, 4) is 0 Å². The number of quaternary nitrogens is 1. The lowest BCUT2D eigenvalue weighted by Gasteiger charge is -2.45. The zero-order valence-electron chi connectivity index (χ0n) is 17.4. The summed E-state index contributed by atoms with van der Waals surface area (Å²) in [7, 11) is -3.64. The Morgan fingerprint density at radius 3 is 2.32 bits per heavy atom. The fourth-order valence-electron chi connectivity index (χ4n) is 4.43. The molecule has 1 aromatic rings. The first-order chi connectivity index (χ1) is 13.3. The number of carbonyl (C=O) groups is 1. The summed E-state index contributed by atoms with van der Waals surface area (Å²) >= 11 is 0. The molecule has 0 spiro atoms. The summed E-state index contributed by atoms with van der Waals surface area (Å²) < 4.78 is 28.3. The first kappa shape index (κ1) is 21.3. The highest BCUT2D eigenvalue weighted by atomic mass is 32.2. The van der Waals surface area contributed by atoms with Gasteiger partial charge in [0.25, 0.3) is 5.91 Å². The third-order valence-electron chi connectivity index (χ3n) is 5.90. The highest BCUT2D eigenvalue weighted by molar-refractivity contribution is 7.89. The van der Waals surface area contributed by atoms with Gasteiger partial charge in [-0.25, -0.2) is 8.42 Å². The van der Waals surface area contributed by atoms with E-state index in [2.05, 4.69) is 0 Å². The predicted octanol–water partition coefficient (Wildman–Crippen LogP) is 1.27. The lowest BCUT2D eigenvalue weighted by molar-refractivity contribution is -0.897. The number of benzene rings is 1. The quantitative estimate of drug-likeness (QED) is 0.798. The summed E-state index contributed by atoms with van der Waals surface area (Å²) in [6.45, 7) is 9.59. The maximum Gasteiger partial charge on any atom is 0.279 e. The van der Waals surface area contributed by atoms with Crippen LogP contribution >= 0.6 is 0 Å². The number of nitrogens with one attached hydrogen (secondary N) is 1. The van der Waals surface area contributed by atoms with Crippen LogP contribution in [-0.2, 0) is 14.8 Å². The minimum atomic E-state index is -3.64. The standard InChI is InChI=1S/C21H33N3O3S/c1-17(2)21-23(20(25)16-22-12-5-4-6-13-22)14-7-15-24(21)28(26,27)19-10-8-18(3)9-11-19/h8-11,17,21H,4-7,12-16H2,1-3H3/p+1/t21-/m1/s1. The molecule has 0 aromatic heterocycles. The van der Waals surface area contributed by atoms with Crippen LogP contribution in [0.2, 0.25) is 0 Å². The smallest absolute Gasteiger partial charge is 0.279 e. The number of sulfonamides is 1. The van der Waals surface area contributed by atoms with E-state index in [-0.39, 0.29) is 11.8 Å². The van der Waals surface area contributed by atoms with Gasteiger partial charge in [0.1, 0.15) is 6.17 Å². The molecule has 1 N–H and O–H groups in total. The van der Waals surface area contributed by atoms with Gasteiger partial charge in [-0.15, -0.1) is 0 Å². The predicted molar refractivity (Wildman–Crippen MR) is 109 cm³/mol. The Kier molecular flexibility index (Phi) is 6.78. The van der Waals surface area contributed by atoms with Crippen molar-refractivity contribution >= 4 is 15.9 Å². The van der Waals surface area contributed by atoms with Gasteiger partial charge >= 0.3 is 0 Å². The van der Waals surface area contributed by atoms with Crippen molar-refractivity contribution in [1.82, 2.24) is 9.21 Å². The molecular weight excluding hydrogens is 374 g/mol. The molecule has 2 fully saturated rings. The Labute approximate surface area is 169 Å². The Bertz CT molecular complexity index is 771. The van der Waals surface area contributed by atoms with Gasteiger partial charge in [0.15, 0.2) is 6.54 Å². The largest absolute Gasteiger partial charge is 0.327 e. The van der Waals surface area contributed by atoms with Crippen LogP contribution in [0.4, 0.5) is 0 Å². The second-order valence-corrected chi connectivity index (χ2v) is 10.4. The minimum Gasteiger partial charge on any atom is -0.327 e. The van der Waals surface area contributed by atoms with Gasteiger partial charge in [-0.3, -0.25) is 4.79 Å².